The maximum Gasteiger partial charge on any atom is 0.244 e. The van der Waals surface area contributed by atoms with Gasteiger partial charge < -0.3 is 15.2 Å². The van der Waals surface area contributed by atoms with Gasteiger partial charge >= 0.3 is 0 Å². The molecule has 1 aliphatic rings. The van der Waals surface area contributed by atoms with Crippen LogP contribution in [-0.4, -0.2) is 29.8 Å². The number of aliphatic hydroxyl groups excluding tert-OH is 1. The van der Waals surface area contributed by atoms with E-state index in [1.54, 1.807) is 6.08 Å². The summed E-state index contributed by atoms with van der Waals surface area (Å²) in [6, 6.07) is 1.87. The molecule has 0 aromatic carbocycles. The molecule has 0 radical (unpaired) electrons. The highest BCUT2D eigenvalue weighted by atomic mass is 32.1. The van der Waals surface area contributed by atoms with Crippen LogP contribution in [0, 0.1) is 0 Å². The van der Waals surface area contributed by atoms with Crippen LogP contribution < -0.4 is 5.32 Å². The van der Waals surface area contributed by atoms with Crippen LogP contribution >= 0.6 is 11.3 Å². The van der Waals surface area contributed by atoms with Crippen LogP contribution in [0.25, 0.3) is 6.08 Å². The molecule has 1 aliphatic heterocycles. The summed E-state index contributed by atoms with van der Waals surface area (Å²) in [5, 5.41) is 13.7. The van der Waals surface area contributed by atoms with Crippen LogP contribution in [0.4, 0.5) is 0 Å². The number of carbonyl (C=O) groups excluding carboxylic acids is 1. The second kappa shape index (κ2) is 6.32. The van der Waals surface area contributed by atoms with Crippen LogP contribution in [0.5, 0.6) is 0 Å². The van der Waals surface area contributed by atoms with Crippen LogP contribution in [0.15, 0.2) is 17.5 Å². The molecule has 1 atom stereocenters. The van der Waals surface area contributed by atoms with Gasteiger partial charge in [-0.05, 0) is 42.9 Å². The number of hydrogen-bond donors (Lipinski definition) is 2. The van der Waals surface area contributed by atoms with E-state index in [4.69, 9.17) is 9.84 Å². The van der Waals surface area contributed by atoms with Gasteiger partial charge in [0, 0.05) is 24.1 Å². The van der Waals surface area contributed by atoms with Crippen molar-refractivity contribution in [3.63, 3.8) is 0 Å². The van der Waals surface area contributed by atoms with E-state index in [1.165, 1.54) is 17.4 Å². The summed E-state index contributed by atoms with van der Waals surface area (Å²) in [4.78, 5) is 12.7. The summed E-state index contributed by atoms with van der Waals surface area (Å²) in [6.45, 7) is 3.38. The number of rotatable bonds is 5. The highest BCUT2D eigenvalue weighted by molar-refractivity contribution is 7.11. The Hall–Kier alpha value is -1.17. The molecule has 0 aliphatic carbocycles. The first-order valence-electron chi connectivity index (χ1n) is 6.39. The third-order valence-corrected chi connectivity index (χ3v) is 4.14. The fourth-order valence-corrected chi connectivity index (χ4v) is 2.83. The third-order valence-electron chi connectivity index (χ3n) is 3.19. The standard InChI is InChI=1S/C14H19NO3S/c1-14(5-2-6-18-14)10-15-13(17)4-3-12-7-11(8-16)9-19-12/h3-4,7,9,16H,2,5-6,8,10H2,1H3,(H,15,17)/b4-3+. The van der Waals surface area contributed by atoms with E-state index in [0.29, 0.717) is 6.54 Å². The molecule has 1 saturated heterocycles. The van der Waals surface area contributed by atoms with Crippen LogP contribution in [0.2, 0.25) is 0 Å². The quantitative estimate of drug-likeness (QED) is 0.811. The normalized spacial score (nSPS) is 23.1. The van der Waals surface area contributed by atoms with Gasteiger partial charge in [0.2, 0.25) is 5.91 Å². The van der Waals surface area contributed by atoms with E-state index >= 15 is 0 Å². The summed E-state index contributed by atoms with van der Waals surface area (Å²) in [5.41, 5.74) is 0.660. The minimum absolute atomic E-state index is 0.0340. The van der Waals surface area contributed by atoms with Gasteiger partial charge in [0.25, 0.3) is 0 Å². The highest BCUT2D eigenvalue weighted by Crippen LogP contribution is 2.23. The van der Waals surface area contributed by atoms with Gasteiger partial charge in [-0.15, -0.1) is 11.3 Å². The Bertz CT molecular complexity index is 461. The van der Waals surface area contributed by atoms with Crippen LogP contribution in [0.1, 0.15) is 30.2 Å². The van der Waals surface area contributed by atoms with Gasteiger partial charge in [0.05, 0.1) is 12.2 Å². The van der Waals surface area contributed by atoms with E-state index in [0.717, 1.165) is 29.9 Å². The Balaban J connectivity index is 1.80. The predicted molar refractivity (Wildman–Crippen MR) is 75.9 cm³/mol. The maximum absolute atomic E-state index is 11.7. The van der Waals surface area contributed by atoms with Crippen LogP contribution in [-0.2, 0) is 16.1 Å². The zero-order chi connectivity index (χ0) is 13.7. The lowest BCUT2D eigenvalue weighted by Crippen LogP contribution is -2.39. The van der Waals surface area contributed by atoms with E-state index in [2.05, 4.69) is 5.32 Å². The van der Waals surface area contributed by atoms with Crippen molar-refractivity contribution in [3.8, 4) is 0 Å². The second-order valence-corrected chi connectivity index (χ2v) is 5.91. The molecule has 1 aromatic rings. The molecule has 1 fully saturated rings. The molecule has 19 heavy (non-hydrogen) atoms. The molecule has 1 amide bonds. The van der Waals surface area contributed by atoms with E-state index in [-0.39, 0.29) is 18.1 Å². The molecule has 0 spiro atoms. The fourth-order valence-electron chi connectivity index (χ4n) is 2.03. The first-order chi connectivity index (χ1) is 9.11. The summed E-state index contributed by atoms with van der Waals surface area (Å²) in [7, 11) is 0. The second-order valence-electron chi connectivity index (χ2n) is 4.97. The number of carbonyl (C=O) groups is 1. The van der Waals surface area contributed by atoms with E-state index in [1.807, 2.05) is 18.4 Å². The molecule has 104 valence electrons. The zero-order valence-electron chi connectivity index (χ0n) is 11.0. The number of hydrogen-bond acceptors (Lipinski definition) is 4. The van der Waals surface area contributed by atoms with E-state index in [9.17, 15) is 4.79 Å². The lowest BCUT2D eigenvalue weighted by molar-refractivity contribution is -0.117. The summed E-state index contributed by atoms with van der Waals surface area (Å²) >= 11 is 1.51. The number of amides is 1. The molecular weight excluding hydrogens is 262 g/mol. The van der Waals surface area contributed by atoms with Gasteiger partial charge in [0.1, 0.15) is 0 Å². The van der Waals surface area contributed by atoms with Crippen molar-refractivity contribution < 1.29 is 14.6 Å². The molecule has 2 rings (SSSR count). The highest BCUT2D eigenvalue weighted by Gasteiger charge is 2.29. The predicted octanol–water partition coefficient (Wildman–Crippen LogP) is 1.94. The first-order valence-corrected chi connectivity index (χ1v) is 7.27. The number of nitrogens with one attached hydrogen (secondary N) is 1. The van der Waals surface area contributed by atoms with Crippen molar-refractivity contribution in [2.45, 2.75) is 32.0 Å². The smallest absolute Gasteiger partial charge is 0.244 e. The Labute approximate surface area is 117 Å². The van der Waals surface area contributed by atoms with Crippen molar-refractivity contribution in [1.29, 1.82) is 0 Å². The average molecular weight is 281 g/mol. The minimum Gasteiger partial charge on any atom is -0.392 e. The monoisotopic (exact) mass is 281 g/mol. The minimum atomic E-state index is -0.212. The number of thiophene rings is 1. The Morgan fingerprint density at radius 3 is 3.16 bits per heavy atom. The van der Waals surface area contributed by atoms with Gasteiger partial charge in [-0.3, -0.25) is 4.79 Å². The molecule has 5 heteroatoms. The number of ether oxygens (including phenoxy) is 1. The van der Waals surface area contributed by atoms with Crippen molar-refractivity contribution in [2.24, 2.45) is 0 Å². The van der Waals surface area contributed by atoms with Crippen molar-refractivity contribution >= 4 is 23.3 Å². The lowest BCUT2D eigenvalue weighted by Gasteiger charge is -2.22. The average Bonchev–Trinajstić information content (AvgIpc) is 3.03. The zero-order valence-corrected chi connectivity index (χ0v) is 11.8. The van der Waals surface area contributed by atoms with Gasteiger partial charge in [-0.25, -0.2) is 0 Å². The molecule has 0 saturated carbocycles. The molecule has 2 heterocycles. The summed E-state index contributed by atoms with van der Waals surface area (Å²) in [5.74, 6) is -0.115. The molecule has 4 nitrogen and oxygen atoms in total. The van der Waals surface area contributed by atoms with E-state index < -0.39 is 0 Å². The third kappa shape index (κ3) is 4.16. The van der Waals surface area contributed by atoms with Gasteiger partial charge in [-0.1, -0.05) is 0 Å². The van der Waals surface area contributed by atoms with Crippen molar-refractivity contribution in [3.05, 3.63) is 28.0 Å². The Morgan fingerprint density at radius 1 is 1.68 bits per heavy atom. The van der Waals surface area contributed by atoms with Crippen molar-refractivity contribution in [2.75, 3.05) is 13.2 Å². The number of aliphatic hydroxyl groups is 1. The van der Waals surface area contributed by atoms with Gasteiger partial charge in [-0.2, -0.15) is 0 Å². The summed E-state index contributed by atoms with van der Waals surface area (Å²) in [6.07, 6.45) is 5.32. The molecule has 2 N–H and O–H groups in total. The molecule has 0 bridgehead atoms. The molecule has 1 aromatic heterocycles. The maximum atomic E-state index is 11.7. The van der Waals surface area contributed by atoms with Crippen LogP contribution in [0.3, 0.4) is 0 Å². The largest absolute Gasteiger partial charge is 0.392 e. The Morgan fingerprint density at radius 2 is 2.53 bits per heavy atom. The SMILES string of the molecule is CC1(CNC(=O)/C=C/c2cc(CO)cs2)CCCO1. The molecule has 1 unspecified atom stereocenters. The topological polar surface area (TPSA) is 58.6 Å². The Kier molecular flexibility index (Phi) is 4.74. The fraction of sp³-hybridized carbons (Fsp3) is 0.500. The summed E-state index contributed by atoms with van der Waals surface area (Å²) < 4.78 is 5.61. The molecular formula is C14H19NO3S. The first kappa shape index (κ1) is 14.2. The lowest BCUT2D eigenvalue weighted by atomic mass is 10.0. The van der Waals surface area contributed by atoms with Crippen molar-refractivity contribution in [1.82, 2.24) is 5.32 Å². The van der Waals surface area contributed by atoms with Gasteiger partial charge in [0.15, 0.2) is 0 Å².